The summed E-state index contributed by atoms with van der Waals surface area (Å²) in [6, 6.07) is 74.7. The third-order valence-electron chi connectivity index (χ3n) is 13.7. The van der Waals surface area contributed by atoms with E-state index in [2.05, 4.69) is 218 Å². The molecule has 0 radical (unpaired) electrons. The fourth-order valence-electron chi connectivity index (χ4n) is 10.6. The Morgan fingerprint density at radius 1 is 0.306 bits per heavy atom. The second-order valence-corrected chi connectivity index (χ2v) is 17.1. The van der Waals surface area contributed by atoms with Crippen molar-refractivity contribution < 1.29 is 0 Å². The van der Waals surface area contributed by atoms with Gasteiger partial charge in [0.15, 0.2) is 0 Å². The van der Waals surface area contributed by atoms with Gasteiger partial charge < -0.3 is 0 Å². The summed E-state index contributed by atoms with van der Waals surface area (Å²) in [4.78, 5) is 0. The van der Waals surface area contributed by atoms with E-state index >= 15 is 0 Å². The topological polar surface area (TPSA) is 0 Å². The predicted molar refractivity (Wildman–Crippen MR) is 266 cm³/mol. The van der Waals surface area contributed by atoms with Gasteiger partial charge in [0.1, 0.15) is 0 Å². The number of allylic oxidation sites excluding steroid dienone is 3. The smallest absolute Gasteiger partial charge is 0.00206 e. The standard InChI is InChI=1S/C62H40/c1-6-43-24-26-47-28-32-55(57-34-30-45(8-1)59(43)61(47)57)42-22-20-41(21-23-42)50-11-4-14-53(37-50)52-13-3-10-49(36-52)39-16-18-40(19-17-39)51-12-5-15-54(38-51)56-33-29-48-27-25-44-7-2-9-46-31-35-58(56)62(48)60(44)46/h1-8,10-34,36-38H,9,35H2. The number of hydrogen-bond donors (Lipinski definition) is 0. The minimum atomic E-state index is 0.978. The van der Waals surface area contributed by atoms with E-state index in [1.165, 1.54) is 132 Å². The lowest BCUT2D eigenvalue weighted by Gasteiger charge is -2.25. The van der Waals surface area contributed by atoms with E-state index in [4.69, 9.17) is 0 Å². The summed E-state index contributed by atoms with van der Waals surface area (Å²) in [6.45, 7) is 0. The Balaban J connectivity index is 0.771. The summed E-state index contributed by atoms with van der Waals surface area (Å²) in [5, 5.41) is 10.7. The molecule has 288 valence electrons. The molecule has 0 unspecified atom stereocenters. The fraction of sp³-hybridized carbons (Fsp3) is 0.0323. The molecule has 0 aliphatic heterocycles. The van der Waals surface area contributed by atoms with E-state index in [-0.39, 0.29) is 0 Å². The van der Waals surface area contributed by atoms with Crippen LogP contribution < -0.4 is 0 Å². The Hall–Kier alpha value is -7.80. The van der Waals surface area contributed by atoms with E-state index in [0.29, 0.717) is 0 Å². The first-order valence-corrected chi connectivity index (χ1v) is 21.8. The maximum absolute atomic E-state index is 2.45. The van der Waals surface area contributed by atoms with Gasteiger partial charge in [0.25, 0.3) is 0 Å². The summed E-state index contributed by atoms with van der Waals surface area (Å²) in [5.74, 6) is 0. The Morgan fingerprint density at radius 2 is 0.774 bits per heavy atom. The molecule has 0 bridgehead atoms. The molecule has 11 aromatic carbocycles. The lowest BCUT2D eigenvalue weighted by molar-refractivity contribution is 1.23. The van der Waals surface area contributed by atoms with E-state index in [9.17, 15) is 0 Å². The van der Waals surface area contributed by atoms with Crippen molar-refractivity contribution in [2.24, 2.45) is 0 Å². The summed E-state index contributed by atoms with van der Waals surface area (Å²) >= 11 is 0. The van der Waals surface area contributed by atoms with Gasteiger partial charge in [-0.25, -0.2) is 0 Å². The molecule has 0 spiro atoms. The zero-order chi connectivity index (χ0) is 40.7. The predicted octanol–water partition coefficient (Wildman–Crippen LogP) is 17.1. The van der Waals surface area contributed by atoms with Gasteiger partial charge in [-0.3, -0.25) is 0 Å². The highest BCUT2D eigenvalue weighted by molar-refractivity contribution is 6.25. The van der Waals surface area contributed by atoms with E-state index in [0.717, 1.165) is 12.8 Å². The van der Waals surface area contributed by atoms with Gasteiger partial charge in [-0.15, -0.1) is 0 Å². The van der Waals surface area contributed by atoms with Crippen molar-refractivity contribution in [3.63, 3.8) is 0 Å². The van der Waals surface area contributed by atoms with Crippen molar-refractivity contribution in [2.45, 2.75) is 12.8 Å². The highest BCUT2D eigenvalue weighted by Crippen LogP contribution is 2.44. The maximum atomic E-state index is 2.45. The third-order valence-corrected chi connectivity index (χ3v) is 13.7. The van der Waals surface area contributed by atoms with Crippen LogP contribution in [0.15, 0.2) is 212 Å². The molecule has 0 nitrogen and oxygen atoms in total. The molecule has 0 saturated heterocycles. The molecule has 0 saturated carbocycles. The van der Waals surface area contributed by atoms with Crippen molar-refractivity contribution >= 4 is 54.7 Å². The van der Waals surface area contributed by atoms with Crippen molar-refractivity contribution in [1.29, 1.82) is 0 Å². The maximum Gasteiger partial charge on any atom is -0.00206 e. The fourth-order valence-corrected chi connectivity index (χ4v) is 10.6. The lowest BCUT2D eigenvalue weighted by Crippen LogP contribution is -2.04. The Labute approximate surface area is 361 Å². The molecule has 2 aliphatic carbocycles. The van der Waals surface area contributed by atoms with E-state index < -0.39 is 0 Å². The first-order valence-electron chi connectivity index (χ1n) is 21.8. The Morgan fingerprint density at radius 3 is 1.42 bits per heavy atom. The molecule has 2 aliphatic rings. The summed E-state index contributed by atoms with van der Waals surface area (Å²) < 4.78 is 0. The molecule has 11 aromatic rings. The van der Waals surface area contributed by atoms with Crippen molar-refractivity contribution in [3.8, 4) is 66.8 Å². The van der Waals surface area contributed by atoms with E-state index in [1.807, 2.05) is 0 Å². The van der Waals surface area contributed by atoms with Crippen LogP contribution in [0, 0.1) is 0 Å². The quantitative estimate of drug-likeness (QED) is 0.147. The monoisotopic (exact) mass is 784 g/mol. The second kappa shape index (κ2) is 13.9. The summed E-state index contributed by atoms with van der Waals surface area (Å²) in [5.41, 5.74) is 20.6. The van der Waals surface area contributed by atoms with Crippen LogP contribution in [0.1, 0.15) is 23.1 Å². The third kappa shape index (κ3) is 5.61. The minimum absolute atomic E-state index is 0.978. The largest absolute Gasteiger partial charge is 0.0795 e. The molecule has 0 N–H and O–H groups in total. The van der Waals surface area contributed by atoms with Gasteiger partial charge in [-0.2, -0.15) is 0 Å². The SMILES string of the molecule is C1=Cc2ccc3ccc(-c4cccc(-c5ccc(-c6cccc(-c7cccc(-c8ccc(-c9ccc%10ccc%11cccc%12ccc9c%10c%11%12)cc8)c7)c6)cc5)c4)c4c3c2C(=CC4)C1. The van der Waals surface area contributed by atoms with Gasteiger partial charge in [0.05, 0.1) is 0 Å². The van der Waals surface area contributed by atoms with Gasteiger partial charge >= 0.3 is 0 Å². The summed E-state index contributed by atoms with van der Waals surface area (Å²) in [6.07, 6.45) is 9.05. The molecule has 62 heavy (non-hydrogen) atoms. The molecular weight excluding hydrogens is 745 g/mol. The van der Waals surface area contributed by atoms with E-state index in [1.54, 1.807) is 0 Å². The molecule has 0 fully saturated rings. The van der Waals surface area contributed by atoms with Gasteiger partial charge in [-0.05, 0) is 163 Å². The van der Waals surface area contributed by atoms with Crippen LogP contribution in [0.25, 0.3) is 122 Å². The molecule has 0 atom stereocenters. The Kier molecular flexibility index (Phi) is 7.84. The van der Waals surface area contributed by atoms with Crippen molar-refractivity contribution in [3.05, 3.63) is 229 Å². The van der Waals surface area contributed by atoms with Crippen molar-refractivity contribution in [2.75, 3.05) is 0 Å². The van der Waals surface area contributed by atoms with Crippen LogP contribution in [0.3, 0.4) is 0 Å². The normalized spacial score (nSPS) is 13.1. The highest BCUT2D eigenvalue weighted by Gasteiger charge is 2.22. The average Bonchev–Trinajstić information content (AvgIpc) is 3.35. The van der Waals surface area contributed by atoms with Gasteiger partial charge in [0.2, 0.25) is 0 Å². The molecule has 0 heterocycles. The first-order chi connectivity index (χ1) is 30.7. The van der Waals surface area contributed by atoms with Gasteiger partial charge in [0, 0.05) is 0 Å². The lowest BCUT2D eigenvalue weighted by atomic mass is 9.79. The average molecular weight is 785 g/mol. The molecule has 13 rings (SSSR count). The zero-order valence-corrected chi connectivity index (χ0v) is 34.2. The molecule has 0 amide bonds. The number of rotatable bonds is 6. The van der Waals surface area contributed by atoms with Crippen LogP contribution in [-0.2, 0) is 6.42 Å². The number of benzene rings is 11. The van der Waals surface area contributed by atoms with Crippen molar-refractivity contribution in [1.82, 2.24) is 0 Å². The van der Waals surface area contributed by atoms with Crippen LogP contribution >= 0.6 is 0 Å². The molecular formula is C62H40. The minimum Gasteiger partial charge on any atom is -0.0795 e. The van der Waals surface area contributed by atoms with Crippen LogP contribution in [0.2, 0.25) is 0 Å². The second-order valence-electron chi connectivity index (χ2n) is 17.1. The van der Waals surface area contributed by atoms with Gasteiger partial charge in [-0.1, -0.05) is 200 Å². The Bertz CT molecular complexity index is 3640. The number of hydrogen-bond acceptors (Lipinski definition) is 0. The first kappa shape index (κ1) is 35.0. The van der Waals surface area contributed by atoms with Crippen LogP contribution in [-0.4, -0.2) is 0 Å². The van der Waals surface area contributed by atoms with Crippen LogP contribution in [0.5, 0.6) is 0 Å². The molecule has 0 aromatic heterocycles. The summed E-state index contributed by atoms with van der Waals surface area (Å²) in [7, 11) is 0. The zero-order valence-electron chi connectivity index (χ0n) is 34.2. The molecule has 0 heteroatoms. The highest BCUT2D eigenvalue weighted by atomic mass is 14.3. The van der Waals surface area contributed by atoms with Crippen LogP contribution in [0.4, 0.5) is 0 Å².